The maximum absolute atomic E-state index is 12.5. The fourth-order valence-corrected chi connectivity index (χ4v) is 3.88. The van der Waals surface area contributed by atoms with Gasteiger partial charge in [0, 0.05) is 18.3 Å². The van der Waals surface area contributed by atoms with Crippen LogP contribution in [-0.4, -0.2) is 18.5 Å². The van der Waals surface area contributed by atoms with E-state index in [4.69, 9.17) is 0 Å². The molecule has 108 valence electrons. The van der Waals surface area contributed by atoms with E-state index in [9.17, 15) is 4.79 Å². The lowest BCUT2D eigenvalue weighted by Gasteiger charge is -2.32. The van der Waals surface area contributed by atoms with Gasteiger partial charge in [0.2, 0.25) is 5.91 Å². The summed E-state index contributed by atoms with van der Waals surface area (Å²) in [4.78, 5) is 12.5. The molecule has 3 unspecified atom stereocenters. The third-order valence-electron chi connectivity index (χ3n) is 4.67. The fourth-order valence-electron chi connectivity index (χ4n) is 3.88. The molecule has 1 aliphatic heterocycles. The number of amides is 1. The maximum Gasteiger partial charge on any atom is 0.229 e. The molecule has 0 spiro atoms. The van der Waals surface area contributed by atoms with Gasteiger partial charge in [-0.1, -0.05) is 32.0 Å². The second-order valence-corrected chi connectivity index (χ2v) is 6.64. The van der Waals surface area contributed by atoms with Crippen molar-refractivity contribution in [3.8, 4) is 0 Å². The number of fused-ring (bicyclic) bond motifs is 1. The molecule has 0 radical (unpaired) electrons. The van der Waals surface area contributed by atoms with Crippen molar-refractivity contribution in [2.45, 2.75) is 45.1 Å². The maximum atomic E-state index is 12.5. The molecule has 3 heteroatoms. The Morgan fingerprint density at radius 3 is 2.60 bits per heavy atom. The molecule has 2 aliphatic rings. The Kier molecular flexibility index (Phi) is 3.68. The molecule has 1 saturated carbocycles. The molecule has 1 heterocycles. The highest BCUT2D eigenvalue weighted by Crippen LogP contribution is 2.32. The van der Waals surface area contributed by atoms with E-state index in [0.29, 0.717) is 6.04 Å². The van der Waals surface area contributed by atoms with E-state index in [1.165, 1.54) is 6.42 Å². The standard InChI is InChI=1S/C17H24N2O/c1-11-7-12(2)9-13(8-11)19-17(20)15-10-18-16-6-4-3-5-14(15)16/h3-6,11-13,15,18H,7-10H2,1-2H3,(H,19,20). The first-order chi connectivity index (χ1) is 9.63. The van der Waals surface area contributed by atoms with Crippen LogP contribution in [0.5, 0.6) is 0 Å². The molecule has 3 rings (SSSR count). The van der Waals surface area contributed by atoms with Crippen LogP contribution in [0.1, 0.15) is 44.6 Å². The van der Waals surface area contributed by atoms with Gasteiger partial charge in [0.25, 0.3) is 0 Å². The summed E-state index contributed by atoms with van der Waals surface area (Å²) in [6.45, 7) is 5.31. The largest absolute Gasteiger partial charge is 0.384 e. The van der Waals surface area contributed by atoms with Gasteiger partial charge < -0.3 is 10.6 Å². The monoisotopic (exact) mass is 272 g/mol. The van der Waals surface area contributed by atoms with E-state index in [1.807, 2.05) is 18.2 Å². The number of carbonyl (C=O) groups is 1. The summed E-state index contributed by atoms with van der Waals surface area (Å²) in [6, 6.07) is 8.49. The Labute approximate surface area is 121 Å². The first-order valence-corrected chi connectivity index (χ1v) is 7.76. The zero-order valence-corrected chi connectivity index (χ0v) is 12.4. The van der Waals surface area contributed by atoms with Gasteiger partial charge in [-0.25, -0.2) is 0 Å². The Bertz CT molecular complexity index is 490. The first kappa shape index (κ1) is 13.5. The van der Waals surface area contributed by atoms with E-state index in [1.54, 1.807) is 0 Å². The Morgan fingerprint density at radius 1 is 1.15 bits per heavy atom. The molecule has 3 nitrogen and oxygen atoms in total. The summed E-state index contributed by atoms with van der Waals surface area (Å²) in [5.74, 6) is 1.60. The Hall–Kier alpha value is -1.51. The number of hydrogen-bond donors (Lipinski definition) is 2. The number of nitrogens with one attached hydrogen (secondary N) is 2. The fraction of sp³-hybridized carbons (Fsp3) is 0.588. The van der Waals surface area contributed by atoms with Crippen LogP contribution in [0.3, 0.4) is 0 Å². The molecule has 1 aromatic carbocycles. The van der Waals surface area contributed by atoms with Gasteiger partial charge in [0.05, 0.1) is 5.92 Å². The lowest BCUT2D eigenvalue weighted by molar-refractivity contribution is -0.123. The van der Waals surface area contributed by atoms with Crippen LogP contribution in [0.2, 0.25) is 0 Å². The van der Waals surface area contributed by atoms with E-state index >= 15 is 0 Å². The lowest BCUT2D eigenvalue weighted by atomic mass is 9.80. The van der Waals surface area contributed by atoms with Gasteiger partial charge in [-0.05, 0) is 42.7 Å². The van der Waals surface area contributed by atoms with Crippen LogP contribution in [-0.2, 0) is 4.79 Å². The minimum Gasteiger partial charge on any atom is -0.384 e. The van der Waals surface area contributed by atoms with Crippen molar-refractivity contribution in [1.29, 1.82) is 0 Å². The van der Waals surface area contributed by atoms with Crippen molar-refractivity contribution in [1.82, 2.24) is 5.32 Å². The third-order valence-corrected chi connectivity index (χ3v) is 4.67. The van der Waals surface area contributed by atoms with E-state index < -0.39 is 0 Å². The molecular formula is C17H24N2O. The Morgan fingerprint density at radius 2 is 1.85 bits per heavy atom. The van der Waals surface area contributed by atoms with E-state index in [2.05, 4.69) is 30.5 Å². The predicted octanol–water partition coefficient (Wildman–Crippen LogP) is 3.14. The second-order valence-electron chi connectivity index (χ2n) is 6.64. The molecule has 1 amide bonds. The molecule has 1 aromatic rings. The third kappa shape index (κ3) is 2.67. The van der Waals surface area contributed by atoms with Crippen molar-refractivity contribution >= 4 is 11.6 Å². The molecule has 0 saturated heterocycles. The predicted molar refractivity (Wildman–Crippen MR) is 81.8 cm³/mol. The van der Waals surface area contributed by atoms with Crippen LogP contribution in [0, 0.1) is 11.8 Å². The van der Waals surface area contributed by atoms with E-state index in [0.717, 1.165) is 42.5 Å². The quantitative estimate of drug-likeness (QED) is 0.868. The minimum absolute atomic E-state index is 0.0289. The number of carbonyl (C=O) groups excluding carboxylic acids is 1. The summed E-state index contributed by atoms with van der Waals surface area (Å²) in [5.41, 5.74) is 2.25. The van der Waals surface area contributed by atoms with Gasteiger partial charge in [-0.15, -0.1) is 0 Å². The van der Waals surface area contributed by atoms with Crippen LogP contribution in [0.15, 0.2) is 24.3 Å². The van der Waals surface area contributed by atoms with Crippen molar-refractivity contribution in [2.75, 3.05) is 11.9 Å². The number of rotatable bonds is 2. The van der Waals surface area contributed by atoms with Crippen molar-refractivity contribution in [3.63, 3.8) is 0 Å². The molecule has 0 aromatic heterocycles. The highest BCUT2D eigenvalue weighted by Gasteiger charge is 2.31. The van der Waals surface area contributed by atoms with Crippen molar-refractivity contribution < 1.29 is 4.79 Å². The van der Waals surface area contributed by atoms with Gasteiger partial charge in [0.1, 0.15) is 0 Å². The average Bonchev–Trinajstić information content (AvgIpc) is 2.81. The van der Waals surface area contributed by atoms with Crippen molar-refractivity contribution in [2.24, 2.45) is 11.8 Å². The summed E-state index contributed by atoms with van der Waals surface area (Å²) >= 11 is 0. The normalized spacial score (nSPS) is 32.3. The number of para-hydroxylation sites is 1. The van der Waals surface area contributed by atoms with Gasteiger partial charge in [-0.3, -0.25) is 4.79 Å². The number of benzene rings is 1. The topological polar surface area (TPSA) is 41.1 Å². The van der Waals surface area contributed by atoms with Crippen LogP contribution in [0.25, 0.3) is 0 Å². The molecule has 0 bridgehead atoms. The number of hydrogen-bond acceptors (Lipinski definition) is 2. The minimum atomic E-state index is -0.0289. The Balaban J connectivity index is 1.66. The molecule has 2 N–H and O–H groups in total. The molecule has 20 heavy (non-hydrogen) atoms. The molecule has 1 fully saturated rings. The SMILES string of the molecule is CC1CC(C)CC(NC(=O)C2CNc3ccccc32)C1. The van der Waals surface area contributed by atoms with E-state index in [-0.39, 0.29) is 11.8 Å². The van der Waals surface area contributed by atoms with Crippen LogP contribution >= 0.6 is 0 Å². The first-order valence-electron chi connectivity index (χ1n) is 7.76. The molecule has 3 atom stereocenters. The van der Waals surface area contributed by atoms with Crippen LogP contribution in [0.4, 0.5) is 5.69 Å². The number of anilines is 1. The van der Waals surface area contributed by atoms with Crippen LogP contribution < -0.4 is 10.6 Å². The highest BCUT2D eigenvalue weighted by atomic mass is 16.2. The molecular weight excluding hydrogens is 248 g/mol. The summed E-state index contributed by atoms with van der Waals surface area (Å²) in [5, 5.41) is 6.61. The van der Waals surface area contributed by atoms with Gasteiger partial charge >= 0.3 is 0 Å². The smallest absolute Gasteiger partial charge is 0.229 e. The zero-order chi connectivity index (χ0) is 14.1. The summed E-state index contributed by atoms with van der Waals surface area (Å²) < 4.78 is 0. The lowest BCUT2D eigenvalue weighted by Crippen LogP contribution is -2.42. The summed E-state index contributed by atoms with van der Waals surface area (Å²) in [7, 11) is 0. The van der Waals surface area contributed by atoms with Gasteiger partial charge in [0.15, 0.2) is 0 Å². The molecule has 1 aliphatic carbocycles. The summed E-state index contributed by atoms with van der Waals surface area (Å²) in [6.07, 6.45) is 3.54. The van der Waals surface area contributed by atoms with Gasteiger partial charge in [-0.2, -0.15) is 0 Å². The second kappa shape index (κ2) is 5.47. The van der Waals surface area contributed by atoms with Crippen molar-refractivity contribution in [3.05, 3.63) is 29.8 Å². The average molecular weight is 272 g/mol. The zero-order valence-electron chi connectivity index (χ0n) is 12.4. The highest BCUT2D eigenvalue weighted by molar-refractivity contribution is 5.88.